The second-order valence-electron chi connectivity index (χ2n) is 4.98. The molecule has 0 radical (unpaired) electrons. The van der Waals surface area contributed by atoms with Crippen molar-refractivity contribution in [2.24, 2.45) is 11.7 Å². The average molecular weight is 198 g/mol. The standard InChI is InChI=1S/C11H22N2O/c1-8(12)11(2,3)13-10(14)9-6-4-5-7-9/h8-9H,4-7,12H2,1-3H3,(H,13,14). The van der Waals surface area contributed by atoms with E-state index in [1.165, 1.54) is 12.8 Å². The Morgan fingerprint density at radius 3 is 2.36 bits per heavy atom. The third-order valence-corrected chi connectivity index (χ3v) is 3.31. The second kappa shape index (κ2) is 4.30. The Kier molecular flexibility index (Phi) is 3.53. The summed E-state index contributed by atoms with van der Waals surface area (Å²) in [6, 6.07) is -0.0205. The van der Waals surface area contributed by atoms with Gasteiger partial charge in [0.15, 0.2) is 0 Å². The van der Waals surface area contributed by atoms with E-state index in [9.17, 15) is 4.79 Å². The molecule has 1 fully saturated rings. The molecule has 1 atom stereocenters. The smallest absolute Gasteiger partial charge is 0.223 e. The van der Waals surface area contributed by atoms with E-state index in [0.29, 0.717) is 0 Å². The van der Waals surface area contributed by atoms with E-state index in [4.69, 9.17) is 5.73 Å². The summed E-state index contributed by atoms with van der Waals surface area (Å²) in [7, 11) is 0. The van der Waals surface area contributed by atoms with Crippen LogP contribution in [0.4, 0.5) is 0 Å². The SMILES string of the molecule is CC(N)C(C)(C)NC(=O)C1CCCC1. The minimum absolute atomic E-state index is 0.0205. The Morgan fingerprint density at radius 2 is 1.93 bits per heavy atom. The van der Waals surface area contributed by atoms with Gasteiger partial charge in [0.2, 0.25) is 5.91 Å². The lowest BCUT2D eigenvalue weighted by molar-refractivity contribution is -0.126. The lowest BCUT2D eigenvalue weighted by atomic mass is 9.95. The Morgan fingerprint density at radius 1 is 1.43 bits per heavy atom. The van der Waals surface area contributed by atoms with Gasteiger partial charge in [0.25, 0.3) is 0 Å². The summed E-state index contributed by atoms with van der Waals surface area (Å²) in [6.07, 6.45) is 4.47. The Labute approximate surface area is 86.4 Å². The molecule has 0 aromatic rings. The predicted molar refractivity (Wildman–Crippen MR) is 57.8 cm³/mol. The molecule has 3 nitrogen and oxygen atoms in total. The van der Waals surface area contributed by atoms with Crippen LogP contribution in [0.25, 0.3) is 0 Å². The topological polar surface area (TPSA) is 55.1 Å². The van der Waals surface area contributed by atoms with Gasteiger partial charge in [-0.25, -0.2) is 0 Å². The summed E-state index contributed by atoms with van der Waals surface area (Å²) in [5.74, 6) is 0.415. The number of carbonyl (C=O) groups is 1. The van der Waals surface area contributed by atoms with Crippen LogP contribution in [0.5, 0.6) is 0 Å². The van der Waals surface area contributed by atoms with Gasteiger partial charge in [-0.2, -0.15) is 0 Å². The van der Waals surface area contributed by atoms with Crippen molar-refractivity contribution in [1.82, 2.24) is 5.32 Å². The normalized spacial score (nSPS) is 20.9. The molecule has 0 aliphatic heterocycles. The number of amides is 1. The molecule has 1 amide bonds. The molecular weight excluding hydrogens is 176 g/mol. The fourth-order valence-electron chi connectivity index (χ4n) is 1.72. The predicted octanol–water partition coefficient (Wildman–Crippen LogP) is 1.42. The van der Waals surface area contributed by atoms with Gasteiger partial charge >= 0.3 is 0 Å². The lowest BCUT2D eigenvalue weighted by Crippen LogP contribution is -2.55. The maximum Gasteiger partial charge on any atom is 0.223 e. The highest BCUT2D eigenvalue weighted by atomic mass is 16.2. The van der Waals surface area contributed by atoms with Crippen molar-refractivity contribution in [2.75, 3.05) is 0 Å². The van der Waals surface area contributed by atoms with Gasteiger partial charge in [-0.3, -0.25) is 4.79 Å². The van der Waals surface area contributed by atoms with Gasteiger partial charge in [-0.15, -0.1) is 0 Å². The highest BCUT2D eigenvalue weighted by molar-refractivity contribution is 5.79. The van der Waals surface area contributed by atoms with Crippen molar-refractivity contribution in [3.63, 3.8) is 0 Å². The van der Waals surface area contributed by atoms with E-state index in [1.807, 2.05) is 20.8 Å². The summed E-state index contributed by atoms with van der Waals surface area (Å²) in [6.45, 7) is 5.88. The molecule has 1 saturated carbocycles. The maximum absolute atomic E-state index is 11.8. The van der Waals surface area contributed by atoms with Crippen molar-refractivity contribution in [3.05, 3.63) is 0 Å². The first-order chi connectivity index (χ1) is 6.43. The van der Waals surface area contributed by atoms with Crippen molar-refractivity contribution < 1.29 is 4.79 Å². The van der Waals surface area contributed by atoms with Crippen LogP contribution in [0.15, 0.2) is 0 Å². The van der Waals surface area contributed by atoms with Crippen molar-refractivity contribution in [1.29, 1.82) is 0 Å². The molecule has 0 bridgehead atoms. The zero-order valence-corrected chi connectivity index (χ0v) is 9.47. The minimum atomic E-state index is -0.292. The summed E-state index contributed by atoms with van der Waals surface area (Å²) < 4.78 is 0. The molecule has 1 unspecified atom stereocenters. The van der Waals surface area contributed by atoms with E-state index in [1.54, 1.807) is 0 Å². The van der Waals surface area contributed by atoms with Crippen molar-refractivity contribution >= 4 is 5.91 Å². The van der Waals surface area contributed by atoms with Gasteiger partial charge in [0, 0.05) is 17.5 Å². The second-order valence-corrected chi connectivity index (χ2v) is 4.98. The lowest BCUT2D eigenvalue weighted by Gasteiger charge is -2.31. The highest BCUT2D eigenvalue weighted by Crippen LogP contribution is 2.25. The first kappa shape index (κ1) is 11.5. The number of carbonyl (C=O) groups excluding carboxylic acids is 1. The van der Waals surface area contributed by atoms with Crippen LogP contribution in [-0.4, -0.2) is 17.5 Å². The van der Waals surface area contributed by atoms with Crippen LogP contribution in [0.2, 0.25) is 0 Å². The third kappa shape index (κ3) is 2.71. The van der Waals surface area contributed by atoms with E-state index < -0.39 is 0 Å². The molecule has 1 aliphatic rings. The molecule has 0 heterocycles. The third-order valence-electron chi connectivity index (χ3n) is 3.31. The van der Waals surface area contributed by atoms with Crippen LogP contribution in [0, 0.1) is 5.92 Å². The average Bonchev–Trinajstić information content (AvgIpc) is 2.54. The molecule has 1 aliphatic carbocycles. The van der Waals surface area contributed by atoms with Gasteiger partial charge in [0.05, 0.1) is 0 Å². The molecule has 1 rings (SSSR count). The fourth-order valence-corrected chi connectivity index (χ4v) is 1.72. The molecule has 0 spiro atoms. The van der Waals surface area contributed by atoms with Crippen molar-refractivity contribution in [2.45, 2.75) is 58.0 Å². The molecular formula is C11H22N2O. The quantitative estimate of drug-likeness (QED) is 0.720. The van der Waals surface area contributed by atoms with Gasteiger partial charge in [0.1, 0.15) is 0 Å². The summed E-state index contributed by atoms with van der Waals surface area (Å²) in [4.78, 5) is 11.8. The number of rotatable bonds is 3. The zero-order valence-electron chi connectivity index (χ0n) is 9.47. The first-order valence-electron chi connectivity index (χ1n) is 5.51. The fraction of sp³-hybridized carbons (Fsp3) is 0.909. The molecule has 0 aromatic heterocycles. The highest BCUT2D eigenvalue weighted by Gasteiger charge is 2.29. The number of nitrogens with one attached hydrogen (secondary N) is 1. The maximum atomic E-state index is 11.8. The molecule has 3 N–H and O–H groups in total. The van der Waals surface area contributed by atoms with Crippen LogP contribution in [0.3, 0.4) is 0 Å². The zero-order chi connectivity index (χ0) is 10.8. The van der Waals surface area contributed by atoms with E-state index in [2.05, 4.69) is 5.32 Å². The summed E-state index contributed by atoms with van der Waals surface area (Å²) in [5, 5.41) is 3.03. The number of nitrogens with two attached hydrogens (primary N) is 1. The first-order valence-corrected chi connectivity index (χ1v) is 5.51. The number of hydrogen-bond acceptors (Lipinski definition) is 2. The molecule has 82 valence electrons. The Bertz CT molecular complexity index is 205. The number of hydrogen-bond donors (Lipinski definition) is 2. The Balaban J connectivity index is 2.46. The largest absolute Gasteiger partial charge is 0.349 e. The molecule has 14 heavy (non-hydrogen) atoms. The van der Waals surface area contributed by atoms with Gasteiger partial charge in [-0.05, 0) is 33.6 Å². The van der Waals surface area contributed by atoms with Crippen LogP contribution in [0.1, 0.15) is 46.5 Å². The van der Waals surface area contributed by atoms with E-state index in [-0.39, 0.29) is 23.4 Å². The summed E-state index contributed by atoms with van der Waals surface area (Å²) >= 11 is 0. The molecule has 0 saturated heterocycles. The monoisotopic (exact) mass is 198 g/mol. The van der Waals surface area contributed by atoms with Crippen LogP contribution >= 0.6 is 0 Å². The Hall–Kier alpha value is -0.570. The summed E-state index contributed by atoms with van der Waals surface area (Å²) in [5.41, 5.74) is 5.51. The van der Waals surface area contributed by atoms with Crippen LogP contribution in [-0.2, 0) is 4.79 Å². The van der Waals surface area contributed by atoms with Crippen LogP contribution < -0.4 is 11.1 Å². The van der Waals surface area contributed by atoms with Gasteiger partial charge < -0.3 is 11.1 Å². The van der Waals surface area contributed by atoms with Crippen molar-refractivity contribution in [3.8, 4) is 0 Å². The van der Waals surface area contributed by atoms with Gasteiger partial charge in [-0.1, -0.05) is 12.8 Å². The molecule has 0 aromatic carbocycles. The molecule has 3 heteroatoms. The van der Waals surface area contributed by atoms with E-state index >= 15 is 0 Å². The van der Waals surface area contributed by atoms with E-state index in [0.717, 1.165) is 12.8 Å². The minimum Gasteiger partial charge on any atom is -0.349 e.